The fourth-order valence-corrected chi connectivity index (χ4v) is 0.501. The minimum Gasteiger partial charge on any atom is -0.501 e. The van der Waals surface area contributed by atoms with Gasteiger partial charge in [-0.2, -0.15) is 0 Å². The minimum atomic E-state index is -0.319. The molecule has 0 atom stereocenters. The van der Waals surface area contributed by atoms with Gasteiger partial charge in [0.2, 0.25) is 0 Å². The first kappa shape index (κ1) is 10.0. The van der Waals surface area contributed by atoms with E-state index in [2.05, 4.69) is 0 Å². The largest absolute Gasteiger partial charge is 0.501 e. The maximum absolute atomic E-state index is 10.9. The number of carbonyl (C=O) groups excluding carboxylic acids is 1. The molecule has 0 aromatic rings. The average Bonchev–Trinajstić information content (AvgIpc) is 2.00. The molecule has 0 N–H and O–H groups in total. The van der Waals surface area contributed by atoms with E-state index in [1.807, 2.05) is 6.92 Å². The van der Waals surface area contributed by atoms with Gasteiger partial charge in [0.25, 0.3) is 0 Å². The Bertz CT molecular complexity index is 149. The Kier molecular flexibility index (Phi) is 5.25. The van der Waals surface area contributed by atoms with Gasteiger partial charge in [-0.25, -0.2) is 4.79 Å². The maximum atomic E-state index is 10.9. The number of esters is 1. The fraction of sp³-hybridized carbons (Fsp3) is 0.625. The molecule has 0 saturated carbocycles. The molecule has 0 aromatic heterocycles. The third-order valence-corrected chi connectivity index (χ3v) is 1.02. The lowest BCUT2D eigenvalue weighted by Crippen LogP contribution is -2.05. The van der Waals surface area contributed by atoms with Gasteiger partial charge in [0.1, 0.15) is 0 Å². The van der Waals surface area contributed by atoms with Gasteiger partial charge in [0, 0.05) is 0 Å². The molecular formula is C8H14O3. The quantitative estimate of drug-likeness (QED) is 0.353. The van der Waals surface area contributed by atoms with Gasteiger partial charge in [-0.05, 0) is 20.8 Å². The molecule has 3 heteroatoms. The van der Waals surface area contributed by atoms with Crippen molar-refractivity contribution < 1.29 is 14.3 Å². The second kappa shape index (κ2) is 5.77. The van der Waals surface area contributed by atoms with Crippen LogP contribution in [-0.2, 0) is 14.3 Å². The van der Waals surface area contributed by atoms with Crippen LogP contribution in [0.4, 0.5) is 0 Å². The fourth-order valence-electron chi connectivity index (χ4n) is 0.501. The summed E-state index contributed by atoms with van der Waals surface area (Å²) < 4.78 is 9.61. The highest BCUT2D eigenvalue weighted by molar-refractivity contribution is 5.87. The predicted molar refractivity (Wildman–Crippen MR) is 42.0 cm³/mol. The average molecular weight is 158 g/mol. The summed E-state index contributed by atoms with van der Waals surface area (Å²) in [5, 5.41) is 0. The monoisotopic (exact) mass is 158 g/mol. The number of ether oxygens (including phenoxy) is 2. The molecule has 0 aromatic carbocycles. The topological polar surface area (TPSA) is 35.5 Å². The van der Waals surface area contributed by atoms with Crippen LogP contribution in [0, 0.1) is 0 Å². The van der Waals surface area contributed by atoms with E-state index in [1.165, 1.54) is 6.26 Å². The van der Waals surface area contributed by atoms with E-state index < -0.39 is 0 Å². The Morgan fingerprint density at radius 3 is 2.45 bits per heavy atom. The Morgan fingerprint density at radius 2 is 2.00 bits per heavy atom. The normalized spacial score (nSPS) is 11.0. The van der Waals surface area contributed by atoms with Crippen molar-refractivity contribution >= 4 is 5.97 Å². The van der Waals surface area contributed by atoms with Crippen molar-refractivity contribution in [3.05, 3.63) is 11.8 Å². The van der Waals surface area contributed by atoms with E-state index in [9.17, 15) is 4.79 Å². The van der Waals surface area contributed by atoms with Gasteiger partial charge in [-0.1, -0.05) is 0 Å². The molecule has 0 fully saturated rings. The molecule has 0 aliphatic carbocycles. The molecule has 0 aliphatic rings. The molecule has 0 unspecified atom stereocenters. The standard InChI is InChI=1S/C8H14O3/c1-4-10-6-7(3)8(9)11-5-2/h6H,4-5H2,1-3H3. The molecule has 3 nitrogen and oxygen atoms in total. The minimum absolute atomic E-state index is 0.319. The lowest BCUT2D eigenvalue weighted by Gasteiger charge is -2.00. The highest BCUT2D eigenvalue weighted by atomic mass is 16.5. The summed E-state index contributed by atoms with van der Waals surface area (Å²) in [5.74, 6) is -0.319. The maximum Gasteiger partial charge on any atom is 0.336 e. The molecule has 0 saturated heterocycles. The molecule has 0 bridgehead atoms. The molecular weight excluding hydrogens is 144 g/mol. The second-order valence-electron chi connectivity index (χ2n) is 1.98. The van der Waals surface area contributed by atoms with Crippen LogP contribution in [0.3, 0.4) is 0 Å². The lowest BCUT2D eigenvalue weighted by atomic mass is 10.3. The molecule has 0 spiro atoms. The first-order valence-corrected chi connectivity index (χ1v) is 3.67. The van der Waals surface area contributed by atoms with E-state index in [0.29, 0.717) is 18.8 Å². The van der Waals surface area contributed by atoms with Gasteiger partial charge in [0.05, 0.1) is 25.0 Å². The van der Waals surface area contributed by atoms with Crippen molar-refractivity contribution in [2.75, 3.05) is 13.2 Å². The van der Waals surface area contributed by atoms with Gasteiger partial charge in [0.15, 0.2) is 0 Å². The van der Waals surface area contributed by atoms with Gasteiger partial charge < -0.3 is 9.47 Å². The van der Waals surface area contributed by atoms with Crippen molar-refractivity contribution in [3.8, 4) is 0 Å². The third kappa shape index (κ3) is 4.42. The Balaban J connectivity index is 3.80. The molecule has 0 amide bonds. The zero-order chi connectivity index (χ0) is 8.69. The first-order chi connectivity index (χ1) is 5.22. The smallest absolute Gasteiger partial charge is 0.336 e. The molecule has 11 heavy (non-hydrogen) atoms. The zero-order valence-electron chi connectivity index (χ0n) is 7.22. The molecule has 0 heterocycles. The SMILES string of the molecule is CCOC=C(C)C(=O)OCC. The summed E-state index contributed by atoms with van der Waals surface area (Å²) in [7, 11) is 0. The van der Waals surface area contributed by atoms with Gasteiger partial charge >= 0.3 is 5.97 Å². The zero-order valence-corrected chi connectivity index (χ0v) is 7.22. The summed E-state index contributed by atoms with van der Waals surface area (Å²) in [6.45, 7) is 6.25. The summed E-state index contributed by atoms with van der Waals surface area (Å²) in [5.41, 5.74) is 0.494. The summed E-state index contributed by atoms with van der Waals surface area (Å²) in [4.78, 5) is 10.9. The van der Waals surface area contributed by atoms with Crippen LogP contribution in [0.25, 0.3) is 0 Å². The van der Waals surface area contributed by atoms with E-state index in [1.54, 1.807) is 13.8 Å². The summed E-state index contributed by atoms with van der Waals surface area (Å²) >= 11 is 0. The van der Waals surface area contributed by atoms with Crippen LogP contribution in [0.5, 0.6) is 0 Å². The predicted octanol–water partition coefficient (Wildman–Crippen LogP) is 1.49. The highest BCUT2D eigenvalue weighted by Gasteiger charge is 2.03. The van der Waals surface area contributed by atoms with Gasteiger partial charge in [-0.3, -0.25) is 0 Å². The Hall–Kier alpha value is -0.990. The van der Waals surface area contributed by atoms with Crippen molar-refractivity contribution in [2.24, 2.45) is 0 Å². The lowest BCUT2D eigenvalue weighted by molar-refractivity contribution is -0.138. The van der Waals surface area contributed by atoms with Crippen LogP contribution >= 0.6 is 0 Å². The van der Waals surface area contributed by atoms with Gasteiger partial charge in [-0.15, -0.1) is 0 Å². The van der Waals surface area contributed by atoms with Crippen molar-refractivity contribution in [3.63, 3.8) is 0 Å². The van der Waals surface area contributed by atoms with E-state index >= 15 is 0 Å². The Morgan fingerprint density at radius 1 is 1.36 bits per heavy atom. The number of carbonyl (C=O) groups is 1. The van der Waals surface area contributed by atoms with E-state index in [0.717, 1.165) is 0 Å². The van der Waals surface area contributed by atoms with Crippen LogP contribution in [-0.4, -0.2) is 19.2 Å². The van der Waals surface area contributed by atoms with Crippen molar-refractivity contribution in [1.82, 2.24) is 0 Å². The molecule has 0 radical (unpaired) electrons. The van der Waals surface area contributed by atoms with E-state index in [4.69, 9.17) is 9.47 Å². The highest BCUT2D eigenvalue weighted by Crippen LogP contribution is 1.96. The van der Waals surface area contributed by atoms with E-state index in [-0.39, 0.29) is 5.97 Å². The number of hydrogen-bond acceptors (Lipinski definition) is 3. The van der Waals surface area contributed by atoms with Crippen molar-refractivity contribution in [2.45, 2.75) is 20.8 Å². The van der Waals surface area contributed by atoms with Crippen molar-refractivity contribution in [1.29, 1.82) is 0 Å². The third-order valence-electron chi connectivity index (χ3n) is 1.02. The first-order valence-electron chi connectivity index (χ1n) is 3.67. The van der Waals surface area contributed by atoms with Crippen LogP contribution in [0.1, 0.15) is 20.8 Å². The molecule has 0 aliphatic heterocycles. The molecule has 64 valence electrons. The summed E-state index contributed by atoms with van der Waals surface area (Å²) in [6.07, 6.45) is 1.41. The Labute approximate surface area is 67.0 Å². The number of hydrogen-bond donors (Lipinski definition) is 0. The number of rotatable bonds is 4. The van der Waals surface area contributed by atoms with Crippen LogP contribution in [0.15, 0.2) is 11.8 Å². The van der Waals surface area contributed by atoms with Crippen LogP contribution in [0.2, 0.25) is 0 Å². The summed E-state index contributed by atoms with van der Waals surface area (Å²) in [6, 6.07) is 0. The second-order valence-corrected chi connectivity index (χ2v) is 1.98. The van der Waals surface area contributed by atoms with Crippen LogP contribution < -0.4 is 0 Å². The molecule has 0 rings (SSSR count).